The van der Waals surface area contributed by atoms with Gasteiger partial charge in [-0.25, -0.2) is 4.79 Å². The van der Waals surface area contributed by atoms with Gasteiger partial charge in [-0.3, -0.25) is 15.0 Å². The molecular weight excluding hydrogens is 754 g/mol. The number of unbranched alkanes of at least 4 members (excludes halogenated alkanes) is 2. The first-order valence-corrected chi connectivity index (χ1v) is 20.6. The number of halogens is 1. The molecule has 0 radical (unpaired) electrons. The molecule has 57 heavy (non-hydrogen) atoms. The molecule has 14 heteroatoms. The molecule has 2 aromatic rings. The van der Waals surface area contributed by atoms with Crippen molar-refractivity contribution in [2.75, 3.05) is 38.9 Å². The zero-order valence-electron chi connectivity index (χ0n) is 33.6. The highest BCUT2D eigenvalue weighted by molar-refractivity contribution is 6.18. The van der Waals surface area contributed by atoms with Crippen molar-refractivity contribution < 1.29 is 43.7 Å². The second-order valence-corrected chi connectivity index (χ2v) is 16.2. The van der Waals surface area contributed by atoms with E-state index < -0.39 is 34.4 Å². The SMILES string of the molecule is C=CCO[C@@]12Oc3ccc(Oc4cccc([N+](=O)[O-])c4)cc3[C@H]3[C@H](CCCCO)[C@@H](CCCCO)C=C(C(=NOC(C)(C)C)C[C@@H]1N(CCC)C(=O)OCCCl)[C@H]32. The fourth-order valence-corrected chi connectivity index (χ4v) is 8.60. The molecule has 1 aliphatic heterocycles. The summed E-state index contributed by atoms with van der Waals surface area (Å²) in [6.07, 6.45) is 8.64. The van der Waals surface area contributed by atoms with Crippen molar-refractivity contribution in [3.8, 4) is 17.2 Å². The molecule has 2 aromatic carbocycles. The fourth-order valence-electron chi connectivity index (χ4n) is 8.52. The lowest BCUT2D eigenvalue weighted by Crippen LogP contribution is -2.70. The van der Waals surface area contributed by atoms with Gasteiger partial charge in [-0.1, -0.05) is 43.1 Å². The van der Waals surface area contributed by atoms with Crippen molar-refractivity contribution in [3.05, 3.63) is 82.4 Å². The van der Waals surface area contributed by atoms with Gasteiger partial charge < -0.3 is 34.0 Å². The molecule has 1 fully saturated rings. The quantitative estimate of drug-likeness (QED) is 0.0434. The van der Waals surface area contributed by atoms with E-state index in [2.05, 4.69) is 12.7 Å². The van der Waals surface area contributed by atoms with Crippen LogP contribution < -0.4 is 9.47 Å². The molecule has 312 valence electrons. The van der Waals surface area contributed by atoms with Crippen molar-refractivity contribution in [2.45, 2.75) is 102 Å². The number of oxime groups is 1. The van der Waals surface area contributed by atoms with E-state index in [0.29, 0.717) is 48.8 Å². The fraction of sp³-hybridized carbons (Fsp3) is 0.581. The minimum Gasteiger partial charge on any atom is -0.459 e. The van der Waals surface area contributed by atoms with E-state index in [4.69, 9.17) is 40.5 Å². The number of carbonyl (C=O) groups excluding carboxylic acids is 1. The van der Waals surface area contributed by atoms with Crippen LogP contribution in [-0.4, -0.2) is 88.1 Å². The number of ether oxygens (including phenoxy) is 4. The largest absolute Gasteiger partial charge is 0.459 e. The van der Waals surface area contributed by atoms with Crippen LogP contribution >= 0.6 is 11.6 Å². The predicted octanol–water partition coefficient (Wildman–Crippen LogP) is 8.91. The summed E-state index contributed by atoms with van der Waals surface area (Å²) < 4.78 is 26.2. The number of carbonyl (C=O) groups is 1. The van der Waals surface area contributed by atoms with Gasteiger partial charge in [-0.05, 0) is 94.5 Å². The van der Waals surface area contributed by atoms with Gasteiger partial charge in [0.25, 0.3) is 5.69 Å². The van der Waals surface area contributed by atoms with Crippen molar-refractivity contribution >= 4 is 29.1 Å². The minimum absolute atomic E-state index is 0.00206. The van der Waals surface area contributed by atoms with Crippen LogP contribution in [-0.2, 0) is 14.3 Å². The number of nitrogens with zero attached hydrogens (tertiary/aromatic N) is 3. The maximum absolute atomic E-state index is 14.0. The Morgan fingerprint density at radius 1 is 1.12 bits per heavy atom. The normalized spacial score (nSPS) is 24.4. The van der Waals surface area contributed by atoms with Crippen LogP contribution in [0.1, 0.15) is 90.5 Å². The van der Waals surface area contributed by atoms with Crippen LogP contribution in [0.15, 0.2) is 71.9 Å². The van der Waals surface area contributed by atoms with E-state index in [0.717, 1.165) is 36.8 Å². The number of fused-ring (bicyclic) bond motifs is 2. The molecule has 0 unspecified atom stereocenters. The number of non-ortho nitro benzene ring substituents is 1. The predicted molar refractivity (Wildman–Crippen MR) is 218 cm³/mol. The number of rotatable bonds is 20. The molecule has 1 saturated carbocycles. The lowest BCUT2D eigenvalue weighted by molar-refractivity contribution is -0.384. The van der Waals surface area contributed by atoms with E-state index in [-0.39, 0.29) is 62.2 Å². The first-order chi connectivity index (χ1) is 27.4. The van der Waals surface area contributed by atoms with E-state index in [1.807, 2.05) is 39.8 Å². The average molecular weight is 812 g/mol. The highest BCUT2D eigenvalue weighted by Gasteiger charge is 2.65. The molecule has 6 atom stereocenters. The third-order valence-corrected chi connectivity index (χ3v) is 10.9. The molecule has 2 N–H and O–H groups in total. The van der Waals surface area contributed by atoms with Crippen LogP contribution in [0, 0.1) is 27.9 Å². The number of allylic oxidation sites excluding steroid dienone is 1. The summed E-state index contributed by atoms with van der Waals surface area (Å²) in [5.41, 5.74) is 1.73. The second-order valence-electron chi connectivity index (χ2n) is 15.8. The van der Waals surface area contributed by atoms with Crippen LogP contribution in [0.2, 0.25) is 0 Å². The van der Waals surface area contributed by atoms with Crippen LogP contribution in [0.4, 0.5) is 10.5 Å². The van der Waals surface area contributed by atoms with E-state index in [1.54, 1.807) is 29.2 Å². The number of nitro groups is 1. The van der Waals surface area contributed by atoms with Crippen molar-refractivity contribution in [2.24, 2.45) is 22.9 Å². The van der Waals surface area contributed by atoms with Gasteiger partial charge in [0.2, 0.25) is 5.79 Å². The van der Waals surface area contributed by atoms with Gasteiger partial charge in [0.05, 0.1) is 35.1 Å². The minimum atomic E-state index is -1.44. The number of amides is 1. The molecule has 1 heterocycles. The summed E-state index contributed by atoms with van der Waals surface area (Å²) in [6, 6.07) is 10.8. The molecule has 0 bridgehead atoms. The molecule has 1 amide bonds. The monoisotopic (exact) mass is 811 g/mol. The molecule has 3 aliphatic rings. The highest BCUT2D eigenvalue weighted by atomic mass is 35.5. The number of aliphatic hydroxyl groups excluding tert-OH is 2. The summed E-state index contributed by atoms with van der Waals surface area (Å²) in [7, 11) is 0. The first kappa shape index (κ1) is 43.9. The van der Waals surface area contributed by atoms with Gasteiger partial charge in [0.1, 0.15) is 35.5 Å². The maximum Gasteiger partial charge on any atom is 0.410 e. The van der Waals surface area contributed by atoms with Crippen LogP contribution in [0.5, 0.6) is 17.2 Å². The van der Waals surface area contributed by atoms with Gasteiger partial charge in [0, 0.05) is 43.7 Å². The van der Waals surface area contributed by atoms with Crippen molar-refractivity contribution in [1.82, 2.24) is 4.90 Å². The smallest absolute Gasteiger partial charge is 0.410 e. The third-order valence-electron chi connectivity index (χ3n) is 10.7. The molecular formula is C43H58ClN3O10. The third kappa shape index (κ3) is 10.3. The summed E-state index contributed by atoms with van der Waals surface area (Å²) >= 11 is 5.99. The molecule has 13 nitrogen and oxygen atoms in total. The van der Waals surface area contributed by atoms with Crippen molar-refractivity contribution in [3.63, 3.8) is 0 Å². The Labute approximate surface area is 340 Å². The van der Waals surface area contributed by atoms with Crippen LogP contribution in [0.25, 0.3) is 0 Å². The molecule has 0 spiro atoms. The van der Waals surface area contributed by atoms with Crippen LogP contribution in [0.3, 0.4) is 0 Å². The topological polar surface area (TPSA) is 162 Å². The van der Waals surface area contributed by atoms with E-state index >= 15 is 0 Å². The number of nitro benzene ring substituents is 1. The molecule has 0 aromatic heterocycles. The molecule has 0 saturated heterocycles. The standard InChI is InChI=1S/C43H58ClN3O10/c1-6-20-46(41(50)53-24-19-44)38-28-36(45-57-42(3,4)5)34-25-29(13-8-10-21-48)33(16-9-11-22-49)39-35-27-32(55-31-15-12-14-30(26-31)47(51)52)17-18-37(35)56-43(38,40(34)39)54-23-7-2/h7,12,14-15,17-18,25-27,29,33,38-40,48-49H,2,6,8-11,13,16,19-24,28H2,1,3-5H3/t29-,33+,38-,39+,40+,43+/m0/s1. The van der Waals surface area contributed by atoms with Crippen molar-refractivity contribution in [1.29, 1.82) is 0 Å². The Morgan fingerprint density at radius 3 is 2.53 bits per heavy atom. The molecule has 5 rings (SSSR count). The summed E-state index contributed by atoms with van der Waals surface area (Å²) in [4.78, 5) is 33.0. The highest BCUT2D eigenvalue weighted by Crippen LogP contribution is 2.62. The van der Waals surface area contributed by atoms with Gasteiger partial charge >= 0.3 is 6.09 Å². The van der Waals surface area contributed by atoms with Gasteiger partial charge in [0.15, 0.2) is 0 Å². The lowest BCUT2D eigenvalue weighted by Gasteiger charge is -2.60. The lowest BCUT2D eigenvalue weighted by atomic mass is 9.55. The summed E-state index contributed by atoms with van der Waals surface area (Å²) in [6.45, 7) is 12.4. The van der Waals surface area contributed by atoms with Gasteiger partial charge in [-0.2, -0.15) is 0 Å². The Bertz CT molecular complexity index is 1760. The zero-order chi connectivity index (χ0) is 41.2. The average Bonchev–Trinajstić information content (AvgIpc) is 3.18. The Balaban J connectivity index is 1.79. The molecule has 2 aliphatic carbocycles. The Morgan fingerprint density at radius 2 is 1.86 bits per heavy atom. The van der Waals surface area contributed by atoms with E-state index in [1.165, 1.54) is 12.1 Å². The number of hydrogen-bond acceptors (Lipinski definition) is 11. The number of aliphatic hydroxyl groups is 2. The number of alkyl halides is 1. The number of hydrogen-bond donors (Lipinski definition) is 2. The first-order valence-electron chi connectivity index (χ1n) is 20.1. The Kier molecular flexibility index (Phi) is 15.4. The summed E-state index contributed by atoms with van der Waals surface area (Å²) in [5, 5.41) is 36.1. The number of benzene rings is 2. The second kappa shape index (κ2) is 20.0. The summed E-state index contributed by atoms with van der Waals surface area (Å²) in [5.74, 6) is -0.748. The van der Waals surface area contributed by atoms with E-state index in [9.17, 15) is 25.1 Å². The Hall–Kier alpha value is -4.17. The zero-order valence-corrected chi connectivity index (χ0v) is 34.3. The van der Waals surface area contributed by atoms with Gasteiger partial charge in [-0.15, -0.1) is 18.2 Å². The maximum atomic E-state index is 14.0.